The Kier molecular flexibility index (Phi) is 12.8. The lowest BCUT2D eigenvalue weighted by Gasteiger charge is -2.27. The van der Waals surface area contributed by atoms with E-state index in [4.69, 9.17) is 11.6 Å². The van der Waals surface area contributed by atoms with Crippen molar-refractivity contribution in [3.05, 3.63) is 35.4 Å². The Morgan fingerprint density at radius 2 is 1.89 bits per heavy atom. The number of halogens is 1. The van der Waals surface area contributed by atoms with Gasteiger partial charge in [0.05, 0.1) is 0 Å². The molecule has 0 radical (unpaired) electrons. The topological polar surface area (TPSA) is 0 Å². The Morgan fingerprint density at radius 1 is 1.33 bits per heavy atom. The van der Waals surface area contributed by atoms with E-state index in [9.17, 15) is 0 Å². The van der Waals surface area contributed by atoms with Crippen LogP contribution >= 0.6 is 11.6 Å². The Balaban J connectivity index is 0. The fourth-order valence-corrected chi connectivity index (χ4v) is 1.87. The third-order valence-corrected chi connectivity index (χ3v) is 3.04. The lowest BCUT2D eigenvalue weighted by atomic mass is 9.79. The van der Waals surface area contributed by atoms with Crippen LogP contribution in [0.5, 0.6) is 0 Å². The zero-order valence-corrected chi connectivity index (χ0v) is 13.9. The Hall–Kier alpha value is -0.490. The Morgan fingerprint density at radius 3 is 2.28 bits per heavy atom. The highest BCUT2D eigenvalue weighted by Gasteiger charge is 2.21. The minimum Gasteiger partial charge on any atom is -0.100 e. The maximum absolute atomic E-state index is 5.89. The van der Waals surface area contributed by atoms with E-state index in [1.54, 1.807) is 0 Å². The molecule has 1 rings (SSSR count). The van der Waals surface area contributed by atoms with Crippen molar-refractivity contribution in [2.24, 2.45) is 5.41 Å². The van der Waals surface area contributed by atoms with Gasteiger partial charge in [0.15, 0.2) is 0 Å². The SMILES string of the molecule is C=C(C)CCCC1(C)C=CC(Cl)=CC1.CC.CC. The molecule has 0 aliphatic heterocycles. The van der Waals surface area contributed by atoms with Gasteiger partial charge in [0.2, 0.25) is 0 Å². The summed E-state index contributed by atoms with van der Waals surface area (Å²) in [5.41, 5.74) is 1.59. The Bertz CT molecular complexity index is 273. The summed E-state index contributed by atoms with van der Waals surface area (Å²) in [4.78, 5) is 0. The van der Waals surface area contributed by atoms with Crippen LogP contribution in [0.3, 0.4) is 0 Å². The second kappa shape index (κ2) is 11.6. The molecule has 0 N–H and O–H groups in total. The average molecular weight is 271 g/mol. The molecule has 0 nitrogen and oxygen atoms in total. The molecule has 0 fully saturated rings. The largest absolute Gasteiger partial charge is 0.100 e. The summed E-state index contributed by atoms with van der Waals surface area (Å²) >= 11 is 5.89. The van der Waals surface area contributed by atoms with E-state index < -0.39 is 0 Å². The van der Waals surface area contributed by atoms with Crippen LogP contribution in [0.2, 0.25) is 0 Å². The summed E-state index contributed by atoms with van der Waals surface area (Å²) in [7, 11) is 0. The van der Waals surface area contributed by atoms with Crippen molar-refractivity contribution < 1.29 is 0 Å². The van der Waals surface area contributed by atoms with Crippen molar-refractivity contribution in [2.75, 3.05) is 0 Å². The second-order valence-corrected chi connectivity index (χ2v) is 5.03. The van der Waals surface area contributed by atoms with Crippen LogP contribution < -0.4 is 0 Å². The first-order valence-corrected chi connectivity index (χ1v) is 7.59. The molecule has 0 spiro atoms. The molecule has 1 atom stereocenters. The normalized spacial score (nSPS) is 20.9. The molecular weight excluding hydrogens is 240 g/mol. The first kappa shape index (κ1) is 19.8. The van der Waals surface area contributed by atoms with E-state index in [2.05, 4.69) is 32.6 Å². The minimum absolute atomic E-state index is 0.313. The molecule has 106 valence electrons. The molecule has 0 aromatic carbocycles. The summed E-state index contributed by atoms with van der Waals surface area (Å²) in [5.74, 6) is 0. The van der Waals surface area contributed by atoms with Crippen LogP contribution in [0.15, 0.2) is 35.4 Å². The zero-order valence-electron chi connectivity index (χ0n) is 13.1. The van der Waals surface area contributed by atoms with Gasteiger partial charge in [0, 0.05) is 5.03 Å². The molecule has 0 heterocycles. The summed E-state index contributed by atoms with van der Waals surface area (Å²) in [5, 5.41) is 0.877. The van der Waals surface area contributed by atoms with Gasteiger partial charge in [-0.2, -0.15) is 0 Å². The van der Waals surface area contributed by atoms with Gasteiger partial charge in [-0.05, 0) is 44.1 Å². The van der Waals surface area contributed by atoms with E-state index in [0.29, 0.717) is 5.41 Å². The zero-order chi connectivity index (χ0) is 14.6. The predicted octanol–water partition coefficient (Wildman–Crippen LogP) is 6.87. The van der Waals surface area contributed by atoms with Gasteiger partial charge in [-0.25, -0.2) is 0 Å². The van der Waals surface area contributed by atoms with Crippen molar-refractivity contribution in [3.8, 4) is 0 Å². The van der Waals surface area contributed by atoms with Gasteiger partial charge < -0.3 is 0 Å². The minimum atomic E-state index is 0.313. The highest BCUT2D eigenvalue weighted by Crippen LogP contribution is 2.35. The van der Waals surface area contributed by atoms with E-state index >= 15 is 0 Å². The van der Waals surface area contributed by atoms with Crippen molar-refractivity contribution in [3.63, 3.8) is 0 Å². The molecule has 0 aromatic heterocycles. The molecule has 1 aliphatic rings. The maximum Gasteiger partial charge on any atom is 0.0363 e. The molecular formula is C17H31Cl. The van der Waals surface area contributed by atoms with Gasteiger partial charge in [0.1, 0.15) is 0 Å². The molecule has 0 bridgehead atoms. The summed E-state index contributed by atoms with van der Waals surface area (Å²) in [6.07, 6.45) is 11.0. The molecule has 0 saturated carbocycles. The molecule has 0 saturated heterocycles. The summed E-state index contributed by atoms with van der Waals surface area (Å²) < 4.78 is 0. The number of rotatable bonds is 4. The van der Waals surface area contributed by atoms with Gasteiger partial charge in [-0.3, -0.25) is 0 Å². The lowest BCUT2D eigenvalue weighted by molar-refractivity contribution is 0.380. The molecule has 0 aromatic rings. The van der Waals surface area contributed by atoms with Crippen LogP contribution in [-0.4, -0.2) is 0 Å². The average Bonchev–Trinajstić information content (AvgIpc) is 2.38. The van der Waals surface area contributed by atoms with Gasteiger partial charge in [0.25, 0.3) is 0 Å². The highest BCUT2D eigenvalue weighted by molar-refractivity contribution is 6.31. The van der Waals surface area contributed by atoms with Gasteiger partial charge in [-0.15, -0.1) is 6.58 Å². The number of hydrogen-bond donors (Lipinski definition) is 0. The summed E-state index contributed by atoms with van der Waals surface area (Å²) in [6.45, 7) is 16.3. The Labute approximate surface area is 120 Å². The highest BCUT2D eigenvalue weighted by atomic mass is 35.5. The van der Waals surface area contributed by atoms with Crippen LogP contribution in [0.25, 0.3) is 0 Å². The fourth-order valence-electron chi connectivity index (χ4n) is 1.73. The van der Waals surface area contributed by atoms with E-state index in [-0.39, 0.29) is 0 Å². The quantitative estimate of drug-likeness (QED) is 0.489. The third kappa shape index (κ3) is 9.53. The first-order valence-electron chi connectivity index (χ1n) is 7.21. The van der Waals surface area contributed by atoms with E-state index in [1.165, 1.54) is 18.4 Å². The third-order valence-electron chi connectivity index (χ3n) is 2.76. The molecule has 1 aliphatic carbocycles. The van der Waals surface area contributed by atoms with Crippen LogP contribution in [-0.2, 0) is 0 Å². The maximum atomic E-state index is 5.89. The standard InChI is InChI=1S/C13H19Cl.2C2H6/c1-11(2)5-4-8-13(3)9-6-12(14)7-10-13;2*1-2/h6-7,9H,1,4-5,8,10H2,2-3H3;2*1-2H3. The number of hydrogen-bond acceptors (Lipinski definition) is 0. The predicted molar refractivity (Wildman–Crippen MR) is 87.2 cm³/mol. The second-order valence-electron chi connectivity index (χ2n) is 4.59. The fraction of sp³-hybridized carbons (Fsp3) is 0.647. The van der Waals surface area contributed by atoms with Gasteiger partial charge in [-0.1, -0.05) is 63.9 Å². The van der Waals surface area contributed by atoms with Crippen molar-refractivity contribution >= 4 is 11.6 Å². The lowest BCUT2D eigenvalue weighted by Crippen LogP contribution is -2.14. The molecule has 0 amide bonds. The van der Waals surface area contributed by atoms with Crippen molar-refractivity contribution in [2.45, 2.75) is 67.2 Å². The summed E-state index contributed by atoms with van der Waals surface area (Å²) in [6, 6.07) is 0. The smallest absolute Gasteiger partial charge is 0.0363 e. The first-order chi connectivity index (χ1) is 8.52. The van der Waals surface area contributed by atoms with Crippen LogP contribution in [0, 0.1) is 5.41 Å². The van der Waals surface area contributed by atoms with E-state index in [0.717, 1.165) is 17.9 Å². The number of allylic oxidation sites excluding steroid dienone is 5. The van der Waals surface area contributed by atoms with Gasteiger partial charge >= 0.3 is 0 Å². The molecule has 1 unspecified atom stereocenters. The van der Waals surface area contributed by atoms with Crippen LogP contribution in [0.4, 0.5) is 0 Å². The monoisotopic (exact) mass is 270 g/mol. The van der Waals surface area contributed by atoms with E-state index in [1.807, 2.05) is 33.8 Å². The van der Waals surface area contributed by atoms with Crippen molar-refractivity contribution in [1.82, 2.24) is 0 Å². The molecule has 1 heteroatoms. The van der Waals surface area contributed by atoms with Crippen molar-refractivity contribution in [1.29, 1.82) is 0 Å². The molecule has 18 heavy (non-hydrogen) atoms. The van der Waals surface area contributed by atoms with Crippen LogP contribution in [0.1, 0.15) is 67.2 Å².